The molecule has 1 fully saturated rings. The SMILES string of the molecule is CCN1CCC(c2nc3ccc(-c4c(C)noc4C)c4c3n2[C@@H](c2ccccn2)CO4)C1. The summed E-state index contributed by atoms with van der Waals surface area (Å²) in [5.74, 6) is 3.22. The molecule has 164 valence electrons. The average molecular weight is 430 g/mol. The second-order valence-electron chi connectivity index (χ2n) is 8.81. The van der Waals surface area contributed by atoms with Gasteiger partial charge >= 0.3 is 0 Å². The lowest BCUT2D eigenvalue weighted by atomic mass is 10.0. The van der Waals surface area contributed by atoms with E-state index in [-0.39, 0.29) is 6.04 Å². The maximum atomic E-state index is 6.47. The van der Waals surface area contributed by atoms with Gasteiger partial charge in [-0.15, -0.1) is 0 Å². The van der Waals surface area contributed by atoms with Crippen molar-refractivity contribution in [3.8, 4) is 16.9 Å². The lowest BCUT2D eigenvalue weighted by Gasteiger charge is -2.29. The molecule has 2 aliphatic heterocycles. The van der Waals surface area contributed by atoms with Crippen LogP contribution in [0, 0.1) is 13.8 Å². The van der Waals surface area contributed by atoms with E-state index in [2.05, 4.69) is 44.7 Å². The van der Waals surface area contributed by atoms with Gasteiger partial charge in [-0.05, 0) is 57.6 Å². The summed E-state index contributed by atoms with van der Waals surface area (Å²) in [4.78, 5) is 12.3. The van der Waals surface area contributed by atoms with Crippen molar-refractivity contribution >= 4 is 11.0 Å². The molecule has 0 spiro atoms. The number of imidazole rings is 1. The van der Waals surface area contributed by atoms with E-state index in [4.69, 9.17) is 14.2 Å². The van der Waals surface area contributed by atoms with Crippen LogP contribution in [0.15, 0.2) is 41.1 Å². The summed E-state index contributed by atoms with van der Waals surface area (Å²) in [5.41, 5.74) is 5.92. The molecule has 7 nitrogen and oxygen atoms in total. The Hall–Kier alpha value is -3.19. The van der Waals surface area contributed by atoms with Gasteiger partial charge in [-0.25, -0.2) is 4.98 Å². The minimum Gasteiger partial charge on any atom is -0.488 e. The molecule has 7 heteroatoms. The van der Waals surface area contributed by atoms with E-state index >= 15 is 0 Å². The topological polar surface area (TPSA) is 69.2 Å². The number of benzene rings is 1. The standard InChI is InChI=1S/C25H27N5O2/c1-4-29-12-10-17(13-29)25-27-20-9-8-18(22-15(2)28-32-16(22)3)24-23(20)30(25)21(14-31-24)19-7-5-6-11-26-19/h5-9,11,17,21H,4,10,12-14H2,1-3H3/t17?,21-/m1/s1. The first kappa shape index (κ1) is 19.5. The van der Waals surface area contributed by atoms with E-state index < -0.39 is 0 Å². The van der Waals surface area contributed by atoms with Crippen molar-refractivity contribution in [3.05, 3.63) is 59.5 Å². The normalized spacial score (nSPS) is 20.7. The number of likely N-dealkylation sites (tertiary alicyclic amines) is 1. The van der Waals surface area contributed by atoms with Crippen LogP contribution >= 0.6 is 0 Å². The van der Waals surface area contributed by atoms with Gasteiger partial charge in [0, 0.05) is 24.2 Å². The van der Waals surface area contributed by atoms with Crippen LogP contribution in [0.1, 0.15) is 48.3 Å². The summed E-state index contributed by atoms with van der Waals surface area (Å²) in [6.45, 7) is 9.91. The minimum atomic E-state index is -0.000653. The molecule has 1 saturated heterocycles. The van der Waals surface area contributed by atoms with Crippen molar-refractivity contribution in [2.45, 2.75) is 39.2 Å². The highest BCUT2D eigenvalue weighted by molar-refractivity contribution is 5.93. The first-order chi connectivity index (χ1) is 15.7. The van der Waals surface area contributed by atoms with E-state index in [1.807, 2.05) is 32.2 Å². The molecule has 6 rings (SSSR count). The molecule has 0 N–H and O–H groups in total. The zero-order chi connectivity index (χ0) is 21.8. The summed E-state index contributed by atoms with van der Waals surface area (Å²) in [6, 6.07) is 10.3. The Bertz CT molecular complexity index is 1270. The highest BCUT2D eigenvalue weighted by Gasteiger charge is 2.35. The summed E-state index contributed by atoms with van der Waals surface area (Å²) < 4.78 is 14.3. The lowest BCUT2D eigenvalue weighted by molar-refractivity contribution is 0.252. The molecule has 0 aliphatic carbocycles. The zero-order valence-electron chi connectivity index (χ0n) is 18.7. The molecule has 3 aromatic heterocycles. The molecule has 0 radical (unpaired) electrons. The second-order valence-corrected chi connectivity index (χ2v) is 8.81. The van der Waals surface area contributed by atoms with E-state index in [9.17, 15) is 0 Å². The fourth-order valence-electron chi connectivity index (χ4n) is 5.35. The maximum absolute atomic E-state index is 6.47. The Labute approximate surface area is 187 Å². The van der Waals surface area contributed by atoms with Gasteiger partial charge in [0.25, 0.3) is 0 Å². The fraction of sp³-hybridized carbons (Fsp3) is 0.400. The van der Waals surface area contributed by atoms with Crippen molar-refractivity contribution in [2.24, 2.45) is 0 Å². The molecule has 1 aromatic carbocycles. The van der Waals surface area contributed by atoms with Gasteiger partial charge in [0.05, 0.1) is 22.5 Å². The summed E-state index contributed by atoms with van der Waals surface area (Å²) >= 11 is 0. The predicted octanol–water partition coefficient (Wildman–Crippen LogP) is 4.49. The molecule has 0 saturated carbocycles. The number of pyridine rings is 1. The predicted molar refractivity (Wildman–Crippen MR) is 122 cm³/mol. The van der Waals surface area contributed by atoms with Crippen LogP contribution in [-0.2, 0) is 0 Å². The number of ether oxygens (including phenoxy) is 1. The minimum absolute atomic E-state index is 0.000653. The molecule has 2 aliphatic rings. The molecule has 5 heterocycles. The van der Waals surface area contributed by atoms with E-state index in [0.717, 1.165) is 76.9 Å². The van der Waals surface area contributed by atoms with Crippen LogP contribution in [0.3, 0.4) is 0 Å². The van der Waals surface area contributed by atoms with E-state index in [1.54, 1.807) is 0 Å². The number of hydrogen-bond donors (Lipinski definition) is 0. The largest absolute Gasteiger partial charge is 0.488 e. The number of rotatable bonds is 4. The first-order valence-electron chi connectivity index (χ1n) is 11.4. The number of hydrogen-bond acceptors (Lipinski definition) is 6. The maximum Gasteiger partial charge on any atom is 0.153 e. The highest BCUT2D eigenvalue weighted by atomic mass is 16.5. The number of aryl methyl sites for hydroxylation is 2. The average Bonchev–Trinajstić information content (AvgIpc) is 3.53. The third kappa shape index (κ3) is 2.88. The third-order valence-electron chi connectivity index (χ3n) is 6.95. The van der Waals surface area contributed by atoms with Crippen molar-refractivity contribution in [3.63, 3.8) is 0 Å². The van der Waals surface area contributed by atoms with Gasteiger partial charge in [-0.2, -0.15) is 0 Å². The first-order valence-corrected chi connectivity index (χ1v) is 11.4. The van der Waals surface area contributed by atoms with Gasteiger partial charge in [-0.3, -0.25) is 4.98 Å². The highest BCUT2D eigenvalue weighted by Crippen LogP contribution is 2.45. The number of aromatic nitrogens is 4. The van der Waals surface area contributed by atoms with Crippen LogP contribution < -0.4 is 4.74 Å². The second kappa shape index (κ2) is 7.45. The summed E-state index contributed by atoms with van der Waals surface area (Å²) in [7, 11) is 0. The van der Waals surface area contributed by atoms with Crippen molar-refractivity contribution in [1.29, 1.82) is 0 Å². The number of likely N-dealkylation sites (N-methyl/N-ethyl adjacent to an activating group) is 1. The van der Waals surface area contributed by atoms with Crippen LogP contribution in [-0.4, -0.2) is 50.8 Å². The van der Waals surface area contributed by atoms with Gasteiger partial charge in [0.2, 0.25) is 0 Å². The zero-order valence-corrected chi connectivity index (χ0v) is 18.7. The van der Waals surface area contributed by atoms with Gasteiger partial charge in [-0.1, -0.05) is 18.1 Å². The monoisotopic (exact) mass is 429 g/mol. The molecular weight excluding hydrogens is 402 g/mol. The molecule has 32 heavy (non-hydrogen) atoms. The van der Waals surface area contributed by atoms with Crippen molar-refractivity contribution in [2.75, 3.05) is 26.2 Å². The van der Waals surface area contributed by atoms with Gasteiger partial charge < -0.3 is 18.7 Å². The summed E-state index contributed by atoms with van der Waals surface area (Å²) in [5, 5.41) is 4.17. The van der Waals surface area contributed by atoms with Crippen LogP contribution in [0.4, 0.5) is 0 Å². The van der Waals surface area contributed by atoms with Crippen LogP contribution in [0.2, 0.25) is 0 Å². The smallest absolute Gasteiger partial charge is 0.153 e. The van der Waals surface area contributed by atoms with Gasteiger partial charge in [0.1, 0.15) is 29.8 Å². The molecule has 4 aromatic rings. The quantitative estimate of drug-likeness (QED) is 0.476. The third-order valence-corrected chi connectivity index (χ3v) is 6.95. The lowest BCUT2D eigenvalue weighted by Crippen LogP contribution is -2.27. The Morgan fingerprint density at radius 2 is 2.06 bits per heavy atom. The fourth-order valence-corrected chi connectivity index (χ4v) is 5.35. The summed E-state index contributed by atoms with van der Waals surface area (Å²) in [6.07, 6.45) is 2.98. The van der Waals surface area contributed by atoms with Crippen LogP contribution in [0.5, 0.6) is 5.75 Å². The van der Waals surface area contributed by atoms with E-state index in [1.165, 1.54) is 0 Å². The molecule has 2 atom stereocenters. The molecule has 0 amide bonds. The Morgan fingerprint density at radius 3 is 2.78 bits per heavy atom. The Balaban J connectivity index is 1.59. The van der Waals surface area contributed by atoms with Crippen molar-refractivity contribution < 1.29 is 9.26 Å². The van der Waals surface area contributed by atoms with E-state index in [0.29, 0.717) is 12.5 Å². The van der Waals surface area contributed by atoms with Gasteiger partial charge in [0.15, 0.2) is 5.75 Å². The number of nitrogens with zero attached hydrogens (tertiary/aromatic N) is 5. The molecule has 1 unspecified atom stereocenters. The Morgan fingerprint density at radius 1 is 1.16 bits per heavy atom. The van der Waals surface area contributed by atoms with Crippen LogP contribution in [0.25, 0.3) is 22.2 Å². The Kier molecular flexibility index (Phi) is 4.54. The molecular formula is C25H27N5O2. The molecule has 0 bridgehead atoms. The van der Waals surface area contributed by atoms with Crippen molar-refractivity contribution in [1.82, 2.24) is 24.6 Å².